The van der Waals surface area contributed by atoms with Gasteiger partial charge in [0.2, 0.25) is 0 Å². The summed E-state index contributed by atoms with van der Waals surface area (Å²) in [4.78, 5) is 11.0. The van der Waals surface area contributed by atoms with Crippen molar-refractivity contribution in [3.8, 4) is 0 Å². The van der Waals surface area contributed by atoms with Crippen molar-refractivity contribution in [1.82, 2.24) is 5.32 Å². The zero-order valence-electron chi connectivity index (χ0n) is 36.0. The molecule has 0 saturated carbocycles. The molecular weight excluding hydrogens is 775 g/mol. The van der Waals surface area contributed by atoms with Crippen LogP contribution in [-0.4, -0.2) is 123 Å². The Morgan fingerprint density at radius 2 is 1.68 bits per heavy atom. The maximum absolute atomic E-state index is 12.2. The zero-order chi connectivity index (χ0) is 42.4. The first-order valence-electron chi connectivity index (χ1n) is 22.9. The SMILES string of the molecule is C=C(CC12CC(C)CC(O1)C1OC3(CC1O2)NCC(C)CC3C)C1OC(O)(C(O)C2CC3OC4(CCC5(CC=CC(/C=C/C(O)CC(=O)O)O5)O4)C(C)CC3O2)CCC1C. The van der Waals surface area contributed by atoms with E-state index in [2.05, 4.69) is 46.5 Å². The van der Waals surface area contributed by atoms with Crippen LogP contribution < -0.4 is 5.32 Å². The molecule has 3 spiro atoms. The Morgan fingerprint density at radius 1 is 0.883 bits per heavy atom. The lowest BCUT2D eigenvalue weighted by Crippen LogP contribution is -2.60. The number of fused-ring (bicyclic) bond motifs is 5. The number of carbonyl (C=O) groups is 1. The molecule has 20 atom stereocenters. The van der Waals surface area contributed by atoms with Gasteiger partial charge < -0.3 is 58.3 Å². The van der Waals surface area contributed by atoms with Crippen LogP contribution in [0.1, 0.15) is 118 Å². The average Bonchev–Trinajstić information content (AvgIpc) is 3.87. The summed E-state index contributed by atoms with van der Waals surface area (Å²) in [6.45, 7) is 16.5. The summed E-state index contributed by atoms with van der Waals surface area (Å²) in [6, 6.07) is 0. The number of piperidine rings is 1. The number of carboxylic acid groups (broad SMARTS) is 1. The maximum atomic E-state index is 12.2. The van der Waals surface area contributed by atoms with Gasteiger partial charge in [-0.3, -0.25) is 10.1 Å². The van der Waals surface area contributed by atoms with Crippen LogP contribution in [0.2, 0.25) is 0 Å². The molecule has 14 nitrogen and oxygen atoms in total. The summed E-state index contributed by atoms with van der Waals surface area (Å²) >= 11 is 0. The second kappa shape index (κ2) is 16.0. The lowest BCUT2D eigenvalue weighted by Gasteiger charge is -2.52. The fourth-order valence-electron chi connectivity index (χ4n) is 12.5. The number of aliphatic carboxylic acids is 1. The number of carboxylic acids is 1. The Labute approximate surface area is 354 Å². The summed E-state index contributed by atoms with van der Waals surface area (Å²) in [7, 11) is 0. The van der Waals surface area contributed by atoms with Crippen molar-refractivity contribution in [2.24, 2.45) is 29.6 Å². The molecule has 5 N–H and O–H groups in total. The molecule has 8 fully saturated rings. The van der Waals surface area contributed by atoms with Gasteiger partial charge in [0.1, 0.15) is 17.9 Å². The molecule has 14 heteroatoms. The molecule has 60 heavy (non-hydrogen) atoms. The van der Waals surface area contributed by atoms with Crippen LogP contribution in [0.4, 0.5) is 0 Å². The molecule has 0 radical (unpaired) electrons. The van der Waals surface area contributed by atoms with Crippen LogP contribution in [0.3, 0.4) is 0 Å². The largest absolute Gasteiger partial charge is 0.481 e. The molecule has 0 aromatic rings. The van der Waals surface area contributed by atoms with E-state index in [-0.39, 0.29) is 55.2 Å². The number of aliphatic hydroxyl groups excluding tert-OH is 2. The molecule has 9 rings (SSSR count). The molecule has 2 bridgehead atoms. The van der Waals surface area contributed by atoms with Crippen LogP contribution in [-0.2, 0) is 42.7 Å². The van der Waals surface area contributed by atoms with Crippen molar-refractivity contribution in [1.29, 1.82) is 0 Å². The summed E-state index contributed by atoms with van der Waals surface area (Å²) in [5.41, 5.74) is 0.376. The van der Waals surface area contributed by atoms with Crippen molar-refractivity contribution in [2.45, 2.75) is 208 Å². The summed E-state index contributed by atoms with van der Waals surface area (Å²) in [6.07, 6.45) is 8.96. The van der Waals surface area contributed by atoms with Gasteiger partial charge >= 0.3 is 5.97 Å². The predicted octanol–water partition coefficient (Wildman–Crippen LogP) is 4.98. The second-order valence-corrected chi connectivity index (χ2v) is 20.6. The van der Waals surface area contributed by atoms with E-state index >= 15 is 0 Å². The van der Waals surface area contributed by atoms with E-state index in [1.807, 2.05) is 12.2 Å². The van der Waals surface area contributed by atoms with Gasteiger partial charge in [-0.15, -0.1) is 0 Å². The van der Waals surface area contributed by atoms with E-state index in [9.17, 15) is 20.1 Å². The van der Waals surface area contributed by atoms with Crippen LogP contribution in [0.5, 0.6) is 0 Å². The summed E-state index contributed by atoms with van der Waals surface area (Å²) in [5, 5.41) is 46.9. The zero-order valence-corrected chi connectivity index (χ0v) is 36.0. The van der Waals surface area contributed by atoms with Crippen LogP contribution in [0.25, 0.3) is 0 Å². The van der Waals surface area contributed by atoms with E-state index in [4.69, 9.17) is 43.0 Å². The topological polar surface area (TPSA) is 184 Å². The highest BCUT2D eigenvalue weighted by Gasteiger charge is 2.64. The van der Waals surface area contributed by atoms with E-state index in [0.29, 0.717) is 62.7 Å². The van der Waals surface area contributed by atoms with Crippen LogP contribution in [0, 0.1) is 29.6 Å². The van der Waals surface area contributed by atoms with Crippen molar-refractivity contribution in [2.75, 3.05) is 6.54 Å². The lowest BCUT2D eigenvalue weighted by molar-refractivity contribution is -0.366. The molecule has 8 saturated heterocycles. The number of aliphatic hydroxyl groups is 3. The molecule has 0 aromatic carbocycles. The van der Waals surface area contributed by atoms with Gasteiger partial charge in [0.25, 0.3) is 0 Å². The van der Waals surface area contributed by atoms with Gasteiger partial charge in [0.15, 0.2) is 23.1 Å². The standard InChI is InChI=1S/C46H69NO13/c1-25-17-35-40-37(23-44(58-40)29(5)16-26(2)24-47-44)56-43(21-25,55-35)22-28(4)39-27(3)11-13-45(52,59-39)41(51)36-20-34-33(53-36)18-30(6)46(57-34)15-14-42(60-46)12-7-8-32(54-42)10-9-31(48)19-38(49)50/h7-10,25-27,29-37,39-41,47-48,51-52H,4,11-24H2,1-3,5-6H3,(H,49,50)/b10-9+. The maximum Gasteiger partial charge on any atom is 0.306 e. The molecule has 0 amide bonds. The quantitative estimate of drug-likeness (QED) is 0.196. The lowest BCUT2D eigenvalue weighted by atomic mass is 9.79. The second-order valence-electron chi connectivity index (χ2n) is 20.6. The average molecular weight is 844 g/mol. The third-order valence-corrected chi connectivity index (χ3v) is 15.6. The van der Waals surface area contributed by atoms with E-state index in [1.165, 1.54) is 6.08 Å². The number of hydrogen-bond acceptors (Lipinski definition) is 13. The first kappa shape index (κ1) is 43.5. The Bertz CT molecular complexity index is 1690. The third kappa shape index (κ3) is 8.01. The molecule has 9 aliphatic rings. The van der Waals surface area contributed by atoms with Crippen molar-refractivity contribution < 1.29 is 63.1 Å². The number of ether oxygens (including phenoxy) is 8. The number of rotatable bonds is 9. The van der Waals surface area contributed by atoms with E-state index in [1.54, 1.807) is 6.08 Å². The molecule has 9 aliphatic heterocycles. The minimum Gasteiger partial charge on any atom is -0.481 e. The van der Waals surface area contributed by atoms with Gasteiger partial charge in [0, 0.05) is 63.8 Å². The highest BCUT2D eigenvalue weighted by molar-refractivity contribution is 5.67. The Morgan fingerprint density at radius 3 is 2.47 bits per heavy atom. The summed E-state index contributed by atoms with van der Waals surface area (Å²) in [5.74, 6) is -4.33. The predicted molar refractivity (Wildman–Crippen MR) is 216 cm³/mol. The Balaban J connectivity index is 0.831. The van der Waals surface area contributed by atoms with E-state index < -0.39 is 65.4 Å². The molecule has 336 valence electrons. The Hall–Kier alpha value is -1.79. The fourth-order valence-corrected chi connectivity index (χ4v) is 12.5. The number of nitrogens with one attached hydrogen (secondary N) is 1. The van der Waals surface area contributed by atoms with Crippen molar-refractivity contribution in [3.63, 3.8) is 0 Å². The molecule has 20 unspecified atom stereocenters. The smallest absolute Gasteiger partial charge is 0.306 e. The first-order chi connectivity index (χ1) is 28.4. The minimum absolute atomic E-state index is 0.0478. The van der Waals surface area contributed by atoms with Crippen LogP contribution >= 0.6 is 0 Å². The first-order valence-corrected chi connectivity index (χ1v) is 22.9. The van der Waals surface area contributed by atoms with Crippen molar-refractivity contribution >= 4 is 5.97 Å². The number of hydrogen-bond donors (Lipinski definition) is 5. The molecule has 0 aromatic heterocycles. The Kier molecular flexibility index (Phi) is 11.6. The monoisotopic (exact) mass is 843 g/mol. The van der Waals surface area contributed by atoms with E-state index in [0.717, 1.165) is 37.8 Å². The van der Waals surface area contributed by atoms with Gasteiger partial charge in [-0.25, -0.2) is 0 Å². The molecule has 9 heterocycles. The van der Waals surface area contributed by atoms with Crippen molar-refractivity contribution in [3.05, 3.63) is 36.5 Å². The molecule has 0 aliphatic carbocycles. The highest BCUT2D eigenvalue weighted by Crippen LogP contribution is 2.55. The van der Waals surface area contributed by atoms with Gasteiger partial charge in [-0.05, 0) is 54.9 Å². The van der Waals surface area contributed by atoms with Crippen LogP contribution in [0.15, 0.2) is 36.5 Å². The third-order valence-electron chi connectivity index (χ3n) is 15.6. The van der Waals surface area contributed by atoms with Gasteiger partial charge in [-0.2, -0.15) is 0 Å². The summed E-state index contributed by atoms with van der Waals surface area (Å²) < 4.78 is 53.7. The van der Waals surface area contributed by atoms with Gasteiger partial charge in [-0.1, -0.05) is 65.5 Å². The normalized spacial score (nSPS) is 52.2. The molecular formula is C46H69NO13. The highest BCUT2D eigenvalue weighted by atomic mass is 16.8. The van der Waals surface area contributed by atoms with Gasteiger partial charge in [0.05, 0.1) is 55.3 Å². The minimum atomic E-state index is -1.86. The fraction of sp³-hybridized carbons (Fsp3) is 0.848.